The predicted octanol–water partition coefficient (Wildman–Crippen LogP) is 2.67. The fourth-order valence-electron chi connectivity index (χ4n) is 8.43. The molecule has 20 nitrogen and oxygen atoms in total. The van der Waals surface area contributed by atoms with Gasteiger partial charge in [0.15, 0.2) is 0 Å². The van der Waals surface area contributed by atoms with E-state index in [-0.39, 0.29) is 66.1 Å². The standard InChI is InChI=1S/C40H24N4O16S4/c45-29-13-1-2-14-26-16-4-3-15(25(13)26)31(47)41(29)21(37(53)54)9-61-63-11-23(39(57)58)43-33(49)17-5-7-19-28-20(8-6-18(27(17)28)34(43)50)36(52)44(35(19)51)24(40(59)60)12-64-62-10-22(38(55)56)42(30(14)46)32(16)48/h1-8,21-24H,9-12H2,(H,53,54)(H,55,56)(H,57,58)(H,59,60)/t21-,22-,23-,24-/m0/s1. The molecule has 0 radical (unpaired) electrons. The van der Waals surface area contributed by atoms with Crippen LogP contribution in [0.4, 0.5) is 0 Å². The average Bonchev–Trinajstić information content (AvgIpc) is 3.25. The first kappa shape index (κ1) is 42.5. The van der Waals surface area contributed by atoms with Gasteiger partial charge >= 0.3 is 23.9 Å². The highest BCUT2D eigenvalue weighted by Gasteiger charge is 2.48. The van der Waals surface area contributed by atoms with E-state index in [1.807, 2.05) is 0 Å². The molecular weight excluding hydrogens is 921 g/mol. The molecule has 0 fully saturated rings. The molecule has 0 saturated carbocycles. The van der Waals surface area contributed by atoms with Crippen LogP contribution in [0.5, 0.6) is 0 Å². The van der Waals surface area contributed by atoms with Gasteiger partial charge in [0.25, 0.3) is 47.3 Å². The number of rotatable bonds is 4. The second-order valence-corrected chi connectivity index (χ2v) is 19.7. The Bertz CT molecular complexity index is 2470. The average molecular weight is 945 g/mol. The maximum Gasteiger partial charge on any atom is 0.327 e. The molecule has 4 atom stereocenters. The molecule has 0 unspecified atom stereocenters. The molecule has 0 aromatic heterocycles. The number of benzene rings is 4. The van der Waals surface area contributed by atoms with E-state index in [0.717, 1.165) is 48.5 Å². The molecule has 15 aliphatic rings. The van der Waals surface area contributed by atoms with E-state index in [2.05, 4.69) is 0 Å². The first-order chi connectivity index (χ1) is 30.5. The molecular formula is C40H24N4O16S4. The summed E-state index contributed by atoms with van der Waals surface area (Å²) in [6, 6.07) is 1.58. The van der Waals surface area contributed by atoms with Crippen molar-refractivity contribution in [2.75, 3.05) is 23.0 Å². The van der Waals surface area contributed by atoms with Crippen LogP contribution in [0.1, 0.15) is 82.9 Å². The van der Waals surface area contributed by atoms with E-state index in [9.17, 15) is 78.0 Å². The molecule has 4 N–H and O–H groups in total. The highest BCUT2D eigenvalue weighted by molar-refractivity contribution is 8.77. The summed E-state index contributed by atoms with van der Waals surface area (Å²) in [5.74, 6) is -17.5. The highest BCUT2D eigenvalue weighted by atomic mass is 33.1. The maximum absolute atomic E-state index is 14.0. The second-order valence-electron chi connectivity index (χ2n) is 14.6. The minimum absolute atomic E-state index is 0.148. The van der Waals surface area contributed by atoms with Crippen LogP contribution < -0.4 is 0 Å². The Morgan fingerprint density at radius 3 is 0.594 bits per heavy atom. The number of aliphatic carboxylic acids is 4. The summed E-state index contributed by atoms with van der Waals surface area (Å²) < 4.78 is 0. The van der Waals surface area contributed by atoms with Crippen molar-refractivity contribution >= 4 is 136 Å². The van der Waals surface area contributed by atoms with E-state index in [0.29, 0.717) is 62.8 Å². The minimum atomic E-state index is -1.87. The van der Waals surface area contributed by atoms with Crippen molar-refractivity contribution in [1.82, 2.24) is 19.6 Å². The number of imide groups is 4. The van der Waals surface area contributed by atoms with Gasteiger partial charge < -0.3 is 20.4 Å². The molecule has 15 heterocycles. The van der Waals surface area contributed by atoms with Gasteiger partial charge in [-0.25, -0.2) is 19.2 Å². The third-order valence-corrected chi connectivity index (χ3v) is 16.1. The Morgan fingerprint density at radius 1 is 0.328 bits per heavy atom. The minimum Gasteiger partial charge on any atom is -0.480 e. The molecule has 4 aromatic carbocycles. The van der Waals surface area contributed by atoms with E-state index in [4.69, 9.17) is 0 Å². The Labute approximate surface area is 372 Å². The molecule has 0 saturated heterocycles. The van der Waals surface area contributed by atoms with E-state index in [1.54, 1.807) is 0 Å². The highest BCUT2D eigenvalue weighted by Crippen LogP contribution is 2.43. The number of hydrogen-bond donors (Lipinski definition) is 4. The third kappa shape index (κ3) is 6.10. The third-order valence-electron chi connectivity index (χ3n) is 11.4. The van der Waals surface area contributed by atoms with Crippen LogP contribution in [0, 0.1) is 0 Å². The van der Waals surface area contributed by atoms with Crippen LogP contribution in [0.15, 0.2) is 48.5 Å². The molecule has 24 heteroatoms. The Hall–Kier alpha value is -6.76. The van der Waals surface area contributed by atoms with Crippen molar-refractivity contribution in [2.24, 2.45) is 0 Å². The summed E-state index contributed by atoms with van der Waals surface area (Å²) in [6.07, 6.45) is 0. The molecule has 19 rings (SSSR count). The first-order valence-electron chi connectivity index (χ1n) is 18.6. The van der Waals surface area contributed by atoms with Crippen molar-refractivity contribution in [2.45, 2.75) is 24.2 Å². The molecule has 0 aliphatic carbocycles. The first-order valence-corrected chi connectivity index (χ1v) is 23.6. The predicted molar refractivity (Wildman–Crippen MR) is 225 cm³/mol. The van der Waals surface area contributed by atoms with Gasteiger partial charge in [-0.1, -0.05) is 43.2 Å². The number of carboxylic acids is 4. The second kappa shape index (κ2) is 15.5. The largest absolute Gasteiger partial charge is 0.480 e. The monoisotopic (exact) mass is 944 g/mol. The molecule has 16 bridgehead atoms. The van der Waals surface area contributed by atoms with Crippen LogP contribution in [-0.4, -0.2) is 158 Å². The molecule has 324 valence electrons. The normalized spacial score (nSPS) is 22.5. The maximum atomic E-state index is 14.0. The van der Waals surface area contributed by atoms with Crippen LogP contribution in [0.3, 0.4) is 0 Å². The van der Waals surface area contributed by atoms with Gasteiger partial charge in [-0.05, 0) is 48.5 Å². The summed E-state index contributed by atoms with van der Waals surface area (Å²) >= 11 is 0. The summed E-state index contributed by atoms with van der Waals surface area (Å²) in [5, 5.41) is 40.6. The number of carbonyl (C=O) groups excluding carboxylic acids is 8. The van der Waals surface area contributed by atoms with Gasteiger partial charge in [0.1, 0.15) is 24.2 Å². The number of carboxylic acid groups (broad SMARTS) is 4. The van der Waals surface area contributed by atoms with Crippen LogP contribution >= 0.6 is 43.2 Å². The van der Waals surface area contributed by atoms with Gasteiger partial charge in [-0.15, -0.1) is 0 Å². The Balaban J connectivity index is 1.14. The van der Waals surface area contributed by atoms with Gasteiger partial charge in [0.2, 0.25) is 0 Å². The SMILES string of the molecule is O=C(O)[C@@H]1CSSC[C@@H](C(=O)O)N2C(=O)c3ccc4c5c(ccc(c35)C2=O)C(=O)N(C4=O)[C@H](C(=O)O)CSSC[C@@H](C(=O)O)N2C(=O)c3ccc4c5c(ccc(c35)C2=O)C(=O)N1C4=O. The Morgan fingerprint density at radius 2 is 0.469 bits per heavy atom. The van der Waals surface area contributed by atoms with Crippen molar-refractivity contribution < 1.29 is 78.0 Å². The molecule has 4 aromatic rings. The Kier molecular flexibility index (Phi) is 10.3. The quantitative estimate of drug-likeness (QED) is 0.169. The zero-order valence-electron chi connectivity index (χ0n) is 31.9. The van der Waals surface area contributed by atoms with Gasteiger partial charge in [0.05, 0.1) is 0 Å². The van der Waals surface area contributed by atoms with Crippen LogP contribution in [0.2, 0.25) is 0 Å². The summed E-state index contributed by atoms with van der Waals surface area (Å²) in [4.78, 5) is 165. The summed E-state index contributed by atoms with van der Waals surface area (Å²) in [7, 11) is 2.86. The fourth-order valence-corrected chi connectivity index (χ4v) is 13.2. The van der Waals surface area contributed by atoms with Gasteiger partial charge in [-0.3, -0.25) is 58.0 Å². The molecule has 64 heavy (non-hydrogen) atoms. The lowest BCUT2D eigenvalue weighted by molar-refractivity contribution is -0.141. The van der Waals surface area contributed by atoms with E-state index in [1.165, 1.54) is 0 Å². The number of hydrogen-bond acceptors (Lipinski definition) is 16. The molecule has 15 aliphatic heterocycles. The fraction of sp³-hybridized carbons (Fsp3) is 0.200. The van der Waals surface area contributed by atoms with Crippen LogP contribution in [-0.2, 0) is 19.2 Å². The zero-order chi connectivity index (χ0) is 45.8. The van der Waals surface area contributed by atoms with Crippen molar-refractivity contribution in [3.63, 3.8) is 0 Å². The zero-order valence-corrected chi connectivity index (χ0v) is 35.1. The smallest absolute Gasteiger partial charge is 0.327 e. The van der Waals surface area contributed by atoms with Crippen molar-refractivity contribution in [3.05, 3.63) is 93.0 Å². The lowest BCUT2D eigenvalue weighted by Gasteiger charge is -2.36. The van der Waals surface area contributed by atoms with Crippen molar-refractivity contribution in [3.8, 4) is 0 Å². The van der Waals surface area contributed by atoms with Crippen molar-refractivity contribution in [1.29, 1.82) is 0 Å². The number of carbonyl (C=O) groups is 12. The number of nitrogens with zero attached hydrogens (tertiary/aromatic N) is 4. The van der Waals surface area contributed by atoms with Crippen LogP contribution in [0.25, 0.3) is 21.5 Å². The molecule has 8 amide bonds. The molecule has 0 spiro atoms. The van der Waals surface area contributed by atoms with E-state index >= 15 is 0 Å². The van der Waals surface area contributed by atoms with Gasteiger partial charge in [-0.2, -0.15) is 0 Å². The van der Waals surface area contributed by atoms with E-state index < -0.39 is 118 Å². The summed E-state index contributed by atoms with van der Waals surface area (Å²) in [6.45, 7) is 0. The van der Waals surface area contributed by atoms with Gasteiger partial charge in [0, 0.05) is 89.1 Å². The topological polar surface area (TPSA) is 299 Å². The lowest BCUT2D eigenvalue weighted by Crippen LogP contribution is -2.53. The summed E-state index contributed by atoms with van der Waals surface area (Å²) in [5.41, 5.74) is -2.02. The number of amides is 8. The lowest BCUT2D eigenvalue weighted by atomic mass is 9.85.